The van der Waals surface area contributed by atoms with Gasteiger partial charge in [0, 0.05) is 0 Å². The average molecular weight is 219 g/mol. The third kappa shape index (κ3) is 3.03. The van der Waals surface area contributed by atoms with Crippen molar-refractivity contribution in [2.45, 2.75) is 17.5 Å². The lowest BCUT2D eigenvalue weighted by atomic mass is 10.5. The molecule has 7 nitrogen and oxygen atoms in total. The van der Waals surface area contributed by atoms with Crippen LogP contribution in [0.1, 0.15) is 6.92 Å². The molecule has 74 valence electrons. The van der Waals surface area contributed by atoms with E-state index in [1.807, 2.05) is 0 Å². The number of hydrogen-bond donors (Lipinski definition) is 3. The minimum absolute atomic E-state index is 0.869. The molecule has 0 aromatic carbocycles. The average Bonchev–Trinajstić information content (AvgIpc) is 1.80. The molecule has 0 bridgehead atoms. The van der Waals surface area contributed by atoms with Gasteiger partial charge >= 0.3 is 0 Å². The summed E-state index contributed by atoms with van der Waals surface area (Å²) in [6, 6.07) is 0. The molecule has 0 spiro atoms. The minimum atomic E-state index is -4.65. The second-order valence-electron chi connectivity index (χ2n) is 2.20. The summed E-state index contributed by atoms with van der Waals surface area (Å²) in [4.78, 5) is 0. The highest BCUT2D eigenvalue weighted by Crippen LogP contribution is 2.06. The summed E-state index contributed by atoms with van der Waals surface area (Å²) in [5.41, 5.74) is 4.80. The van der Waals surface area contributed by atoms with Crippen molar-refractivity contribution in [2.24, 2.45) is 5.73 Å². The van der Waals surface area contributed by atoms with Crippen molar-refractivity contribution in [1.29, 1.82) is 0 Å². The van der Waals surface area contributed by atoms with Crippen LogP contribution >= 0.6 is 0 Å². The first-order chi connectivity index (χ1) is 5.07. The van der Waals surface area contributed by atoms with E-state index >= 15 is 0 Å². The highest BCUT2D eigenvalue weighted by molar-refractivity contribution is 7.90. The van der Waals surface area contributed by atoms with Crippen molar-refractivity contribution >= 4 is 20.2 Å². The molecule has 0 aromatic rings. The van der Waals surface area contributed by atoms with Gasteiger partial charge < -0.3 is 5.73 Å². The molecule has 0 aliphatic carbocycles. The molecule has 0 aliphatic heterocycles. The third-order valence-electron chi connectivity index (χ3n) is 1.28. The predicted molar refractivity (Wildman–Crippen MR) is 40.5 cm³/mol. The summed E-state index contributed by atoms with van der Waals surface area (Å²) in [6.07, 6.45) is 0. The van der Waals surface area contributed by atoms with Crippen molar-refractivity contribution in [1.82, 2.24) is 0 Å². The Balaban J connectivity index is 4.89. The fraction of sp³-hybridized carbons (Fsp3) is 1.00. The van der Waals surface area contributed by atoms with Gasteiger partial charge in [-0.05, 0) is 6.92 Å². The summed E-state index contributed by atoms with van der Waals surface area (Å²) in [6.45, 7) is 0.869. The van der Waals surface area contributed by atoms with E-state index < -0.39 is 30.9 Å². The lowest BCUT2D eigenvalue weighted by Gasteiger charge is -2.13. The molecular weight excluding hydrogens is 210 g/mol. The van der Waals surface area contributed by atoms with Crippen LogP contribution in [0.3, 0.4) is 0 Å². The van der Waals surface area contributed by atoms with Crippen LogP contribution in [0.25, 0.3) is 0 Å². The van der Waals surface area contributed by atoms with Crippen LogP contribution in [-0.4, -0.2) is 36.6 Å². The molecule has 12 heavy (non-hydrogen) atoms. The second kappa shape index (κ2) is 3.26. The first kappa shape index (κ1) is 11.8. The molecular formula is C3H9NO6S2. The normalized spacial score (nSPS) is 18.7. The van der Waals surface area contributed by atoms with Crippen molar-refractivity contribution in [3.05, 3.63) is 0 Å². The van der Waals surface area contributed by atoms with Gasteiger partial charge in [0.2, 0.25) is 0 Å². The molecule has 0 saturated carbocycles. The molecule has 0 saturated heterocycles. The highest BCUT2D eigenvalue weighted by Gasteiger charge is 2.33. The van der Waals surface area contributed by atoms with Gasteiger partial charge in [-0.2, -0.15) is 16.8 Å². The molecule has 0 amide bonds. The Morgan fingerprint density at radius 3 is 1.50 bits per heavy atom. The molecule has 0 heterocycles. The Morgan fingerprint density at radius 2 is 1.42 bits per heavy atom. The van der Waals surface area contributed by atoms with Gasteiger partial charge in [0.15, 0.2) is 5.37 Å². The molecule has 0 aliphatic rings. The zero-order chi connectivity index (χ0) is 10.2. The van der Waals surface area contributed by atoms with Crippen LogP contribution in [0, 0.1) is 0 Å². The van der Waals surface area contributed by atoms with Gasteiger partial charge in [0.1, 0.15) is 5.25 Å². The summed E-state index contributed by atoms with van der Waals surface area (Å²) in [7, 11) is -9.20. The van der Waals surface area contributed by atoms with E-state index in [2.05, 4.69) is 0 Å². The van der Waals surface area contributed by atoms with Crippen molar-refractivity contribution < 1.29 is 25.9 Å². The van der Waals surface area contributed by atoms with Gasteiger partial charge in [0.05, 0.1) is 0 Å². The molecule has 2 unspecified atom stereocenters. The van der Waals surface area contributed by atoms with Crippen LogP contribution in [0.2, 0.25) is 0 Å². The molecule has 0 fully saturated rings. The SMILES string of the molecule is CC(C(N)S(=O)(=O)O)S(=O)(=O)O. The lowest BCUT2D eigenvalue weighted by Crippen LogP contribution is -2.43. The fourth-order valence-corrected chi connectivity index (χ4v) is 2.08. The molecule has 2 atom stereocenters. The number of nitrogens with two attached hydrogens (primary N) is 1. The van der Waals surface area contributed by atoms with Gasteiger partial charge in [0.25, 0.3) is 20.2 Å². The topological polar surface area (TPSA) is 135 Å². The Morgan fingerprint density at radius 1 is 1.08 bits per heavy atom. The van der Waals surface area contributed by atoms with Crippen molar-refractivity contribution in [3.8, 4) is 0 Å². The minimum Gasteiger partial charge on any atom is -0.312 e. The van der Waals surface area contributed by atoms with Crippen LogP contribution in [0.4, 0.5) is 0 Å². The van der Waals surface area contributed by atoms with E-state index in [1.54, 1.807) is 0 Å². The van der Waals surface area contributed by atoms with E-state index in [0.29, 0.717) is 0 Å². The van der Waals surface area contributed by atoms with E-state index in [9.17, 15) is 16.8 Å². The maximum atomic E-state index is 10.3. The van der Waals surface area contributed by atoms with E-state index in [-0.39, 0.29) is 0 Å². The molecule has 0 radical (unpaired) electrons. The van der Waals surface area contributed by atoms with Crippen LogP contribution < -0.4 is 5.73 Å². The van der Waals surface area contributed by atoms with Gasteiger partial charge in [-0.1, -0.05) is 0 Å². The second-order valence-corrected chi connectivity index (χ2v) is 5.55. The highest BCUT2D eigenvalue weighted by atomic mass is 32.2. The standard InChI is InChI=1S/C3H9NO6S2/c1-2(11(5,6)7)3(4)12(8,9)10/h2-3H,4H2,1H3,(H,5,6,7)(H,8,9,10). The summed E-state index contributed by atoms with van der Waals surface area (Å²) < 4.78 is 57.8. The largest absolute Gasteiger partial charge is 0.312 e. The lowest BCUT2D eigenvalue weighted by molar-refractivity contribution is 0.443. The maximum absolute atomic E-state index is 10.3. The number of rotatable bonds is 3. The quantitative estimate of drug-likeness (QED) is 0.488. The van der Waals surface area contributed by atoms with Gasteiger partial charge in [-0.15, -0.1) is 0 Å². The Labute approximate surface area is 70.1 Å². The predicted octanol–water partition coefficient (Wildman–Crippen LogP) is -1.56. The zero-order valence-electron chi connectivity index (χ0n) is 6.08. The van der Waals surface area contributed by atoms with E-state index in [1.165, 1.54) is 0 Å². The van der Waals surface area contributed by atoms with Gasteiger partial charge in [-0.3, -0.25) is 9.11 Å². The Kier molecular flexibility index (Phi) is 3.20. The Bertz CT molecular complexity index is 305. The fourth-order valence-electron chi connectivity index (χ4n) is 0.412. The third-order valence-corrected chi connectivity index (χ3v) is 3.78. The smallest absolute Gasteiger partial charge is 0.282 e. The summed E-state index contributed by atoms with van der Waals surface area (Å²) in [5, 5.41) is -3.79. The molecule has 9 heteroatoms. The first-order valence-electron chi connectivity index (χ1n) is 2.75. The number of hydrogen-bond acceptors (Lipinski definition) is 5. The molecule has 0 aromatic heterocycles. The van der Waals surface area contributed by atoms with E-state index in [4.69, 9.17) is 14.8 Å². The van der Waals surface area contributed by atoms with Gasteiger partial charge in [-0.25, -0.2) is 0 Å². The van der Waals surface area contributed by atoms with Crippen LogP contribution in [0.5, 0.6) is 0 Å². The molecule has 4 N–H and O–H groups in total. The van der Waals surface area contributed by atoms with Crippen molar-refractivity contribution in [2.75, 3.05) is 0 Å². The maximum Gasteiger partial charge on any atom is 0.282 e. The monoisotopic (exact) mass is 219 g/mol. The van der Waals surface area contributed by atoms with Crippen molar-refractivity contribution in [3.63, 3.8) is 0 Å². The Hall–Kier alpha value is -0.220. The summed E-state index contributed by atoms with van der Waals surface area (Å²) in [5.74, 6) is 0. The first-order valence-corrected chi connectivity index (χ1v) is 5.75. The van der Waals surface area contributed by atoms with Crippen LogP contribution in [-0.2, 0) is 20.2 Å². The zero-order valence-corrected chi connectivity index (χ0v) is 7.71. The van der Waals surface area contributed by atoms with E-state index in [0.717, 1.165) is 6.92 Å². The van der Waals surface area contributed by atoms with Crippen LogP contribution in [0.15, 0.2) is 0 Å². The summed E-state index contributed by atoms with van der Waals surface area (Å²) >= 11 is 0. The molecule has 0 rings (SSSR count).